The zero-order chi connectivity index (χ0) is 10.6. The van der Waals surface area contributed by atoms with Gasteiger partial charge in [0.05, 0.1) is 12.7 Å². The van der Waals surface area contributed by atoms with Gasteiger partial charge in [0.15, 0.2) is 0 Å². The van der Waals surface area contributed by atoms with Crippen molar-refractivity contribution in [1.82, 2.24) is 0 Å². The summed E-state index contributed by atoms with van der Waals surface area (Å²) in [6.45, 7) is 2.60. The van der Waals surface area contributed by atoms with Gasteiger partial charge in [-0.3, -0.25) is 0 Å². The number of thiophene rings is 1. The Hall–Kier alpha value is 0.100. The van der Waals surface area contributed by atoms with Crippen LogP contribution >= 0.6 is 27.3 Å². The highest BCUT2D eigenvalue weighted by Crippen LogP contribution is 2.25. The predicted octanol–water partition coefficient (Wildman–Crippen LogP) is 2.70. The molecule has 0 aliphatic carbocycles. The third kappa shape index (κ3) is 3.35. The molecule has 14 heavy (non-hydrogen) atoms. The second kappa shape index (κ2) is 5.85. The van der Waals surface area contributed by atoms with E-state index in [1.54, 1.807) is 18.4 Å². The molecule has 0 aromatic carbocycles. The fourth-order valence-corrected chi connectivity index (χ4v) is 2.80. The molecule has 80 valence electrons. The number of aliphatic hydroxyl groups excluding tert-OH is 1. The number of ether oxygens (including phenoxy) is 1. The Morgan fingerprint density at radius 3 is 2.86 bits per heavy atom. The van der Waals surface area contributed by atoms with E-state index in [-0.39, 0.29) is 12.0 Å². The molecule has 1 aromatic heterocycles. The van der Waals surface area contributed by atoms with E-state index in [1.165, 1.54) is 4.88 Å². The first-order valence-corrected chi connectivity index (χ1v) is 6.21. The fourth-order valence-electron chi connectivity index (χ4n) is 1.24. The van der Waals surface area contributed by atoms with Gasteiger partial charge < -0.3 is 9.84 Å². The van der Waals surface area contributed by atoms with Crippen LogP contribution in [0.2, 0.25) is 0 Å². The minimum absolute atomic E-state index is 0.175. The van der Waals surface area contributed by atoms with Crippen molar-refractivity contribution in [3.63, 3.8) is 0 Å². The van der Waals surface area contributed by atoms with Gasteiger partial charge in [-0.25, -0.2) is 0 Å². The standard InChI is InChI=1S/C10H15BrO2S/c1-7(6-13-2)9(12)5-10-8(11)3-4-14-10/h3-4,7,9,12H,5-6H2,1-2H3. The van der Waals surface area contributed by atoms with E-state index >= 15 is 0 Å². The number of hydrogen-bond acceptors (Lipinski definition) is 3. The van der Waals surface area contributed by atoms with Crippen LogP contribution < -0.4 is 0 Å². The second-order valence-corrected chi connectivity index (χ2v) is 5.25. The van der Waals surface area contributed by atoms with Crippen LogP contribution in [0.1, 0.15) is 11.8 Å². The van der Waals surface area contributed by atoms with Crippen LogP contribution in [0.25, 0.3) is 0 Å². The number of aliphatic hydroxyl groups is 1. The molecule has 4 heteroatoms. The molecule has 1 heterocycles. The summed E-state index contributed by atoms with van der Waals surface area (Å²) in [5.41, 5.74) is 0. The zero-order valence-electron chi connectivity index (χ0n) is 8.37. The van der Waals surface area contributed by atoms with E-state index in [0.717, 1.165) is 4.47 Å². The molecule has 0 saturated heterocycles. The smallest absolute Gasteiger partial charge is 0.0636 e. The van der Waals surface area contributed by atoms with Crippen molar-refractivity contribution in [2.75, 3.05) is 13.7 Å². The first-order chi connectivity index (χ1) is 6.65. The minimum atomic E-state index is -0.329. The summed E-state index contributed by atoms with van der Waals surface area (Å²) in [6.07, 6.45) is 0.368. The molecule has 0 fully saturated rings. The lowest BCUT2D eigenvalue weighted by Gasteiger charge is -2.17. The molecular weight excluding hydrogens is 264 g/mol. The van der Waals surface area contributed by atoms with E-state index in [4.69, 9.17) is 4.74 Å². The van der Waals surface area contributed by atoms with Gasteiger partial charge >= 0.3 is 0 Å². The molecule has 1 rings (SSSR count). The number of hydrogen-bond donors (Lipinski definition) is 1. The van der Waals surface area contributed by atoms with Crippen LogP contribution in [0, 0.1) is 5.92 Å². The molecule has 0 aliphatic heterocycles. The number of halogens is 1. The Labute approximate surface area is 97.0 Å². The summed E-state index contributed by atoms with van der Waals surface area (Å²) < 4.78 is 6.09. The molecular formula is C10H15BrO2S. The molecule has 2 nitrogen and oxygen atoms in total. The summed E-state index contributed by atoms with van der Waals surface area (Å²) in [6, 6.07) is 2.01. The summed E-state index contributed by atoms with van der Waals surface area (Å²) in [5, 5.41) is 11.9. The van der Waals surface area contributed by atoms with Crippen molar-refractivity contribution in [2.24, 2.45) is 5.92 Å². The van der Waals surface area contributed by atoms with Gasteiger partial charge in [0.25, 0.3) is 0 Å². The Morgan fingerprint density at radius 1 is 1.64 bits per heavy atom. The van der Waals surface area contributed by atoms with Crippen LogP contribution in [0.5, 0.6) is 0 Å². The Kier molecular flexibility index (Phi) is 5.09. The predicted molar refractivity (Wildman–Crippen MR) is 62.8 cm³/mol. The van der Waals surface area contributed by atoms with Gasteiger partial charge in [0.2, 0.25) is 0 Å². The molecule has 2 atom stereocenters. The van der Waals surface area contributed by atoms with Crippen molar-refractivity contribution in [3.05, 3.63) is 20.8 Å². The van der Waals surface area contributed by atoms with E-state index in [9.17, 15) is 5.11 Å². The highest BCUT2D eigenvalue weighted by Gasteiger charge is 2.16. The molecule has 1 aromatic rings. The topological polar surface area (TPSA) is 29.5 Å². The van der Waals surface area contributed by atoms with E-state index < -0.39 is 0 Å². The maximum Gasteiger partial charge on any atom is 0.0636 e. The lowest BCUT2D eigenvalue weighted by atomic mass is 10.0. The maximum atomic E-state index is 9.85. The van der Waals surface area contributed by atoms with E-state index in [2.05, 4.69) is 15.9 Å². The van der Waals surface area contributed by atoms with Crippen LogP contribution in [0.4, 0.5) is 0 Å². The van der Waals surface area contributed by atoms with Crippen LogP contribution in [0.3, 0.4) is 0 Å². The highest BCUT2D eigenvalue weighted by atomic mass is 79.9. The van der Waals surface area contributed by atoms with Crippen LogP contribution in [0.15, 0.2) is 15.9 Å². The quantitative estimate of drug-likeness (QED) is 0.898. The molecule has 0 amide bonds. The lowest BCUT2D eigenvalue weighted by Crippen LogP contribution is -2.23. The lowest BCUT2D eigenvalue weighted by molar-refractivity contribution is 0.0578. The van der Waals surface area contributed by atoms with Gasteiger partial charge in [-0.15, -0.1) is 11.3 Å². The van der Waals surface area contributed by atoms with Gasteiger partial charge in [-0.1, -0.05) is 6.92 Å². The highest BCUT2D eigenvalue weighted by molar-refractivity contribution is 9.10. The third-order valence-corrected chi connectivity index (χ3v) is 4.12. The van der Waals surface area contributed by atoms with Crippen molar-refractivity contribution in [3.8, 4) is 0 Å². The van der Waals surface area contributed by atoms with E-state index in [1.807, 2.05) is 18.4 Å². The monoisotopic (exact) mass is 278 g/mol. The summed E-state index contributed by atoms with van der Waals surface area (Å²) in [7, 11) is 1.66. The zero-order valence-corrected chi connectivity index (χ0v) is 10.8. The summed E-state index contributed by atoms with van der Waals surface area (Å²) in [4.78, 5) is 1.19. The average Bonchev–Trinajstić information content (AvgIpc) is 2.52. The van der Waals surface area contributed by atoms with Gasteiger partial charge in [-0.05, 0) is 27.4 Å². The molecule has 0 saturated carbocycles. The Bertz CT molecular complexity index is 275. The fraction of sp³-hybridized carbons (Fsp3) is 0.600. The maximum absolute atomic E-state index is 9.85. The van der Waals surface area contributed by atoms with Gasteiger partial charge in [0.1, 0.15) is 0 Å². The normalized spacial score (nSPS) is 15.4. The summed E-state index contributed by atoms with van der Waals surface area (Å²) in [5.74, 6) is 0.175. The van der Waals surface area contributed by atoms with Crippen LogP contribution in [-0.2, 0) is 11.2 Å². The second-order valence-electron chi connectivity index (χ2n) is 3.40. The van der Waals surface area contributed by atoms with Crippen molar-refractivity contribution < 1.29 is 9.84 Å². The molecule has 1 N–H and O–H groups in total. The van der Waals surface area contributed by atoms with E-state index in [0.29, 0.717) is 13.0 Å². The van der Waals surface area contributed by atoms with Gasteiger partial charge in [0, 0.05) is 28.8 Å². The molecule has 0 spiro atoms. The van der Waals surface area contributed by atoms with Crippen LogP contribution in [-0.4, -0.2) is 24.9 Å². The van der Waals surface area contributed by atoms with Gasteiger partial charge in [-0.2, -0.15) is 0 Å². The average molecular weight is 279 g/mol. The molecule has 2 unspecified atom stereocenters. The number of methoxy groups -OCH3 is 1. The number of rotatable bonds is 5. The largest absolute Gasteiger partial charge is 0.392 e. The van der Waals surface area contributed by atoms with Crippen molar-refractivity contribution in [1.29, 1.82) is 0 Å². The van der Waals surface area contributed by atoms with Crippen molar-refractivity contribution >= 4 is 27.3 Å². The summed E-state index contributed by atoms with van der Waals surface area (Å²) >= 11 is 5.12. The minimum Gasteiger partial charge on any atom is -0.392 e. The Balaban J connectivity index is 2.48. The molecule has 0 aliphatic rings. The molecule has 0 radical (unpaired) electrons. The Morgan fingerprint density at radius 2 is 2.36 bits per heavy atom. The van der Waals surface area contributed by atoms with Crippen molar-refractivity contribution in [2.45, 2.75) is 19.4 Å². The SMILES string of the molecule is COCC(C)C(O)Cc1sccc1Br. The molecule has 0 bridgehead atoms. The third-order valence-electron chi connectivity index (χ3n) is 2.17. The first kappa shape index (κ1) is 12.2. The first-order valence-electron chi connectivity index (χ1n) is 4.54.